The first-order valence-electron chi connectivity index (χ1n) is 6.17. The molecule has 4 N–H and O–H groups in total. The third-order valence-corrected chi connectivity index (χ3v) is 3.01. The maximum Gasteiger partial charge on any atom is 0.273 e. The van der Waals surface area contributed by atoms with Crippen molar-refractivity contribution in [2.45, 2.75) is 0 Å². The minimum absolute atomic E-state index is 0.183. The number of rotatable bonds is 5. The number of hydrogen-bond acceptors (Lipinski definition) is 7. The lowest BCUT2D eigenvalue weighted by Crippen LogP contribution is -2.04. The zero-order chi connectivity index (χ0) is 15.6. The van der Waals surface area contributed by atoms with Crippen molar-refractivity contribution < 1.29 is 10.0 Å². The Morgan fingerprint density at radius 2 is 1.95 bits per heavy atom. The molecule has 21 heavy (non-hydrogen) atoms. The van der Waals surface area contributed by atoms with Crippen LogP contribution in [0.2, 0.25) is 0 Å². The Morgan fingerprint density at radius 1 is 1.24 bits per heavy atom. The second-order valence-electron chi connectivity index (χ2n) is 4.16. The highest BCUT2D eigenvalue weighted by molar-refractivity contribution is 5.80. The summed E-state index contributed by atoms with van der Waals surface area (Å²) in [4.78, 5) is 10.1. The zero-order valence-electron chi connectivity index (χ0n) is 11.8. The molecule has 0 fully saturated rings. The lowest BCUT2D eigenvalue weighted by Gasteiger charge is -2.09. The van der Waals surface area contributed by atoms with Crippen molar-refractivity contribution in [2.24, 2.45) is 0 Å². The molecule has 0 aliphatic heterocycles. The summed E-state index contributed by atoms with van der Waals surface area (Å²) in [5.74, 6) is 0.971. The maximum atomic E-state index is 10.7. The quantitative estimate of drug-likeness (QED) is 0.488. The summed E-state index contributed by atoms with van der Waals surface area (Å²) in [6.45, 7) is 0. The first kappa shape index (κ1) is 14.4. The zero-order valence-corrected chi connectivity index (χ0v) is 11.8. The van der Waals surface area contributed by atoms with Gasteiger partial charge in [0.05, 0.1) is 11.0 Å². The number of nitrogens with zero attached hydrogens (tertiary/aromatic N) is 3. The van der Waals surface area contributed by atoms with Gasteiger partial charge in [0.1, 0.15) is 17.1 Å². The number of non-ortho nitro benzene ring substituents is 1. The van der Waals surface area contributed by atoms with Gasteiger partial charge in [0.15, 0.2) is 11.6 Å². The molecule has 1 aromatic heterocycles. The molecule has 0 saturated carbocycles. The molecular formula is C12H16N6O3. The summed E-state index contributed by atoms with van der Waals surface area (Å²) in [5.41, 5.74) is 0.873. The molecule has 2 rings (SSSR count). The van der Waals surface area contributed by atoms with E-state index in [-0.39, 0.29) is 11.4 Å². The number of hydrogen-bond donors (Lipinski definition) is 4. The summed E-state index contributed by atoms with van der Waals surface area (Å²) in [6.07, 6.45) is 0. The number of nitrogens with one attached hydrogen (secondary N) is 3. The fraction of sp³-hybridized carbons (Fsp3) is 0.250. The molecule has 0 radical (unpaired) electrons. The normalized spacial score (nSPS) is 10.2. The summed E-state index contributed by atoms with van der Waals surface area (Å²) in [6, 6.07) is 3.85. The van der Waals surface area contributed by atoms with Gasteiger partial charge in [-0.15, -0.1) is 5.10 Å². The van der Waals surface area contributed by atoms with Crippen LogP contribution in [0.1, 0.15) is 0 Å². The first-order chi connectivity index (χ1) is 10.0. The summed E-state index contributed by atoms with van der Waals surface area (Å²) in [7, 11) is 5.19. The fourth-order valence-electron chi connectivity index (χ4n) is 2.04. The van der Waals surface area contributed by atoms with E-state index >= 15 is 0 Å². The van der Waals surface area contributed by atoms with Crippen LogP contribution in [0.4, 0.5) is 23.0 Å². The largest absolute Gasteiger partial charge is 0.505 e. The van der Waals surface area contributed by atoms with Gasteiger partial charge in [-0.25, -0.2) is 4.68 Å². The molecule has 2 aromatic rings. The second kappa shape index (κ2) is 5.57. The van der Waals surface area contributed by atoms with Gasteiger partial charge < -0.3 is 21.1 Å². The van der Waals surface area contributed by atoms with Gasteiger partial charge in [-0.05, 0) is 6.07 Å². The average Bonchev–Trinajstić information content (AvgIpc) is 2.84. The highest BCUT2D eigenvalue weighted by Crippen LogP contribution is 2.35. The van der Waals surface area contributed by atoms with Crippen LogP contribution in [0.5, 0.6) is 5.75 Å². The van der Waals surface area contributed by atoms with Crippen molar-refractivity contribution in [1.82, 2.24) is 9.78 Å². The topological polar surface area (TPSA) is 117 Å². The van der Waals surface area contributed by atoms with E-state index in [1.54, 1.807) is 21.1 Å². The van der Waals surface area contributed by atoms with E-state index in [2.05, 4.69) is 21.0 Å². The molecule has 112 valence electrons. The maximum absolute atomic E-state index is 10.7. The Bertz CT molecular complexity index is 682. The standard InChI is InChI=1S/C12H16N6O3/c1-13-10-11(14-2)16-17(12(10)15-3)8-5-4-7(18(20)21)6-9(8)19/h4-6,13,15,19H,1-3H3,(H,14,16). The van der Waals surface area contributed by atoms with Crippen molar-refractivity contribution >= 4 is 23.0 Å². The number of aromatic nitrogens is 2. The summed E-state index contributed by atoms with van der Waals surface area (Å²) >= 11 is 0. The van der Waals surface area contributed by atoms with E-state index in [4.69, 9.17) is 0 Å². The number of aromatic hydroxyl groups is 1. The van der Waals surface area contributed by atoms with Crippen LogP contribution in [0.25, 0.3) is 5.69 Å². The van der Waals surface area contributed by atoms with Crippen LogP contribution < -0.4 is 16.0 Å². The predicted octanol–water partition coefficient (Wildman–Crippen LogP) is 1.61. The van der Waals surface area contributed by atoms with E-state index in [1.165, 1.54) is 16.8 Å². The van der Waals surface area contributed by atoms with Gasteiger partial charge in [-0.2, -0.15) is 0 Å². The van der Waals surface area contributed by atoms with E-state index in [1.807, 2.05) is 0 Å². The van der Waals surface area contributed by atoms with Crippen LogP contribution in [0, 0.1) is 10.1 Å². The molecule has 1 heterocycles. The molecule has 1 aromatic carbocycles. The Hall–Kier alpha value is -2.97. The number of nitro groups is 1. The predicted molar refractivity (Wildman–Crippen MR) is 80.5 cm³/mol. The van der Waals surface area contributed by atoms with Crippen LogP contribution >= 0.6 is 0 Å². The number of nitro benzene ring substituents is 1. The van der Waals surface area contributed by atoms with E-state index in [0.717, 1.165) is 11.8 Å². The third-order valence-electron chi connectivity index (χ3n) is 3.01. The minimum Gasteiger partial charge on any atom is -0.505 e. The van der Waals surface area contributed by atoms with Crippen LogP contribution in [0.15, 0.2) is 18.2 Å². The van der Waals surface area contributed by atoms with Gasteiger partial charge >= 0.3 is 0 Å². The molecule has 0 aliphatic carbocycles. The van der Waals surface area contributed by atoms with Gasteiger partial charge in [0, 0.05) is 27.2 Å². The molecule has 0 amide bonds. The molecule has 0 bridgehead atoms. The third kappa shape index (κ3) is 2.40. The highest BCUT2D eigenvalue weighted by atomic mass is 16.6. The van der Waals surface area contributed by atoms with Crippen molar-refractivity contribution in [2.75, 3.05) is 37.1 Å². The van der Waals surface area contributed by atoms with Crippen LogP contribution in [-0.4, -0.2) is 41.0 Å². The van der Waals surface area contributed by atoms with Crippen molar-refractivity contribution in [3.8, 4) is 11.4 Å². The molecule has 0 aliphatic rings. The Kier molecular flexibility index (Phi) is 3.83. The Labute approximate surface area is 120 Å². The number of benzene rings is 1. The Balaban J connectivity index is 2.61. The second-order valence-corrected chi connectivity index (χ2v) is 4.16. The van der Waals surface area contributed by atoms with Gasteiger partial charge in [0.25, 0.3) is 5.69 Å². The van der Waals surface area contributed by atoms with Crippen molar-refractivity contribution in [1.29, 1.82) is 0 Å². The first-order valence-corrected chi connectivity index (χ1v) is 6.17. The smallest absolute Gasteiger partial charge is 0.273 e. The average molecular weight is 292 g/mol. The minimum atomic E-state index is -0.566. The number of phenolic OH excluding ortho intramolecular Hbond substituents is 1. The van der Waals surface area contributed by atoms with Gasteiger partial charge in [-0.3, -0.25) is 10.1 Å². The lowest BCUT2D eigenvalue weighted by atomic mass is 10.2. The molecule has 9 nitrogen and oxygen atoms in total. The molecule has 0 saturated heterocycles. The van der Waals surface area contributed by atoms with Crippen LogP contribution in [0.3, 0.4) is 0 Å². The number of anilines is 3. The summed E-state index contributed by atoms with van der Waals surface area (Å²) < 4.78 is 1.47. The highest BCUT2D eigenvalue weighted by Gasteiger charge is 2.19. The van der Waals surface area contributed by atoms with E-state index in [9.17, 15) is 15.2 Å². The SMILES string of the molecule is CNc1nn(-c2ccc([N+](=O)[O-])cc2O)c(NC)c1NC. The molecule has 0 spiro atoms. The molecular weight excluding hydrogens is 276 g/mol. The molecule has 0 unspecified atom stereocenters. The summed E-state index contributed by atoms with van der Waals surface area (Å²) in [5, 5.41) is 34.0. The molecule has 9 heteroatoms. The van der Waals surface area contributed by atoms with Crippen molar-refractivity contribution in [3.63, 3.8) is 0 Å². The fourth-order valence-corrected chi connectivity index (χ4v) is 2.04. The lowest BCUT2D eigenvalue weighted by molar-refractivity contribution is -0.384. The van der Waals surface area contributed by atoms with Crippen LogP contribution in [-0.2, 0) is 0 Å². The van der Waals surface area contributed by atoms with E-state index < -0.39 is 4.92 Å². The van der Waals surface area contributed by atoms with Crippen molar-refractivity contribution in [3.05, 3.63) is 28.3 Å². The van der Waals surface area contributed by atoms with Gasteiger partial charge in [-0.1, -0.05) is 0 Å². The molecule has 0 atom stereocenters. The Morgan fingerprint density at radius 3 is 2.43 bits per heavy atom. The van der Waals surface area contributed by atoms with E-state index in [0.29, 0.717) is 17.3 Å². The monoisotopic (exact) mass is 292 g/mol. The van der Waals surface area contributed by atoms with Gasteiger partial charge in [0.2, 0.25) is 0 Å². The number of phenols is 1.